The highest BCUT2D eigenvalue weighted by molar-refractivity contribution is 5.78. The van der Waals surface area contributed by atoms with Gasteiger partial charge in [-0.2, -0.15) is 0 Å². The lowest BCUT2D eigenvalue weighted by molar-refractivity contribution is -0.895. The number of quaternary nitrogens is 1. The van der Waals surface area contributed by atoms with Gasteiger partial charge in [0.05, 0.1) is 47.0 Å². The summed E-state index contributed by atoms with van der Waals surface area (Å²) in [5.74, 6) is 0.375. The molecule has 1 aliphatic rings. The van der Waals surface area contributed by atoms with E-state index in [-0.39, 0.29) is 11.8 Å². The molecule has 0 atom stereocenters. The summed E-state index contributed by atoms with van der Waals surface area (Å²) in [5, 5.41) is 2.94. The minimum absolute atomic E-state index is 0.185. The van der Waals surface area contributed by atoms with Crippen LogP contribution in [0.15, 0.2) is 0 Å². The molecule has 1 fully saturated rings. The van der Waals surface area contributed by atoms with E-state index in [0.29, 0.717) is 26.4 Å². The van der Waals surface area contributed by atoms with Crippen LogP contribution in [0, 0.1) is 5.92 Å². The molecule has 18 heavy (non-hydrogen) atoms. The van der Waals surface area contributed by atoms with Gasteiger partial charge in [0.15, 0.2) is 0 Å². The molecule has 0 saturated carbocycles. The van der Waals surface area contributed by atoms with Crippen LogP contribution in [-0.2, 0) is 14.3 Å². The zero-order chi connectivity index (χ0) is 13.4. The van der Waals surface area contributed by atoms with E-state index in [4.69, 9.17) is 9.47 Å². The van der Waals surface area contributed by atoms with Crippen LogP contribution in [0.25, 0.3) is 0 Å². The topological polar surface area (TPSA) is 47.6 Å². The van der Waals surface area contributed by atoms with Crippen molar-refractivity contribution >= 4 is 5.91 Å². The maximum Gasteiger partial charge on any atom is 0.223 e. The number of carbonyl (C=O) groups is 1. The summed E-state index contributed by atoms with van der Waals surface area (Å²) < 4.78 is 11.2. The maximum atomic E-state index is 11.9. The van der Waals surface area contributed by atoms with Gasteiger partial charge in [-0.1, -0.05) is 0 Å². The van der Waals surface area contributed by atoms with Crippen LogP contribution in [0.5, 0.6) is 0 Å². The Hall–Kier alpha value is -0.650. The Morgan fingerprint density at radius 3 is 2.50 bits per heavy atom. The highest BCUT2D eigenvalue weighted by Crippen LogP contribution is 2.20. The van der Waals surface area contributed by atoms with Gasteiger partial charge in [0.1, 0.15) is 0 Å². The predicted octanol–water partition coefficient (Wildman–Crippen LogP) is 0.252. The summed E-state index contributed by atoms with van der Waals surface area (Å²) in [5.41, 5.74) is 0. The number of nitrogens with one attached hydrogen (secondary N) is 1. The first-order chi connectivity index (χ1) is 8.55. The molecule has 0 unspecified atom stereocenters. The molecular formula is C13H27N2O3+. The second-order valence-corrected chi connectivity index (χ2v) is 5.55. The van der Waals surface area contributed by atoms with Crippen molar-refractivity contribution in [3.8, 4) is 0 Å². The van der Waals surface area contributed by atoms with Crippen molar-refractivity contribution in [2.75, 3.05) is 60.7 Å². The van der Waals surface area contributed by atoms with Gasteiger partial charge < -0.3 is 19.3 Å². The summed E-state index contributed by atoms with van der Waals surface area (Å²) in [6.07, 6.45) is 1.98. The molecule has 0 spiro atoms. The van der Waals surface area contributed by atoms with Crippen LogP contribution in [0.4, 0.5) is 0 Å². The fourth-order valence-corrected chi connectivity index (χ4v) is 2.16. The van der Waals surface area contributed by atoms with Crippen LogP contribution in [0.2, 0.25) is 0 Å². The standard InChI is InChI=1S/C13H26N2O3/c1-15(2)7-4-12(5-8-15)13(16)14-6-9-18-11-10-17-3/h12H,4-11H2,1-3H3/p+1. The number of carbonyl (C=O) groups excluding carboxylic acids is 1. The molecule has 1 saturated heterocycles. The number of ether oxygens (including phenoxy) is 2. The van der Waals surface area contributed by atoms with Crippen molar-refractivity contribution in [1.82, 2.24) is 5.32 Å². The molecule has 0 aliphatic carbocycles. The zero-order valence-corrected chi connectivity index (χ0v) is 11.9. The Bertz CT molecular complexity index is 247. The van der Waals surface area contributed by atoms with Gasteiger partial charge in [-0.05, 0) is 0 Å². The van der Waals surface area contributed by atoms with E-state index in [9.17, 15) is 4.79 Å². The quantitative estimate of drug-likeness (QED) is 0.527. The number of amides is 1. The van der Waals surface area contributed by atoms with Gasteiger partial charge in [0.2, 0.25) is 5.91 Å². The smallest absolute Gasteiger partial charge is 0.223 e. The third kappa shape index (κ3) is 5.80. The number of piperidine rings is 1. The predicted molar refractivity (Wildman–Crippen MR) is 70.3 cm³/mol. The van der Waals surface area contributed by atoms with Gasteiger partial charge in [-0.15, -0.1) is 0 Å². The minimum atomic E-state index is 0.185. The van der Waals surface area contributed by atoms with E-state index in [1.54, 1.807) is 7.11 Å². The van der Waals surface area contributed by atoms with Gasteiger partial charge in [0.25, 0.3) is 0 Å². The Morgan fingerprint density at radius 1 is 1.22 bits per heavy atom. The molecule has 0 aromatic carbocycles. The van der Waals surface area contributed by atoms with E-state index < -0.39 is 0 Å². The average molecular weight is 259 g/mol. The van der Waals surface area contributed by atoms with E-state index >= 15 is 0 Å². The zero-order valence-electron chi connectivity index (χ0n) is 11.9. The van der Waals surface area contributed by atoms with Crippen LogP contribution >= 0.6 is 0 Å². The van der Waals surface area contributed by atoms with Crippen molar-refractivity contribution in [2.45, 2.75) is 12.8 Å². The highest BCUT2D eigenvalue weighted by atomic mass is 16.5. The van der Waals surface area contributed by atoms with Gasteiger partial charge in [-0.25, -0.2) is 0 Å². The van der Waals surface area contributed by atoms with Crippen molar-refractivity contribution < 1.29 is 18.8 Å². The van der Waals surface area contributed by atoms with E-state index in [0.717, 1.165) is 30.4 Å². The highest BCUT2D eigenvalue weighted by Gasteiger charge is 2.30. The normalized spacial score (nSPS) is 19.7. The first-order valence-electron chi connectivity index (χ1n) is 6.71. The molecular weight excluding hydrogens is 232 g/mol. The number of rotatable bonds is 7. The van der Waals surface area contributed by atoms with E-state index in [1.165, 1.54) is 0 Å². The number of likely N-dealkylation sites (tertiary alicyclic amines) is 1. The van der Waals surface area contributed by atoms with Gasteiger partial charge in [0, 0.05) is 32.4 Å². The number of nitrogens with zero attached hydrogens (tertiary/aromatic N) is 1. The van der Waals surface area contributed by atoms with Crippen molar-refractivity contribution in [2.24, 2.45) is 5.92 Å². The van der Waals surface area contributed by atoms with Crippen LogP contribution < -0.4 is 5.32 Å². The molecule has 1 N–H and O–H groups in total. The van der Waals surface area contributed by atoms with Gasteiger partial charge >= 0.3 is 0 Å². The number of methoxy groups -OCH3 is 1. The SMILES string of the molecule is COCCOCCNC(=O)C1CC[N+](C)(C)CC1. The second-order valence-electron chi connectivity index (χ2n) is 5.55. The molecule has 1 aliphatic heterocycles. The molecule has 0 bridgehead atoms. The molecule has 1 rings (SSSR count). The van der Waals surface area contributed by atoms with Crippen LogP contribution in [0.1, 0.15) is 12.8 Å². The number of hydrogen-bond donors (Lipinski definition) is 1. The van der Waals surface area contributed by atoms with E-state index in [2.05, 4.69) is 19.4 Å². The van der Waals surface area contributed by atoms with Crippen molar-refractivity contribution in [3.05, 3.63) is 0 Å². The Kier molecular flexibility index (Phi) is 6.60. The molecule has 0 radical (unpaired) electrons. The molecule has 5 heteroatoms. The molecule has 1 heterocycles. The first kappa shape index (κ1) is 15.4. The molecule has 0 aromatic rings. The first-order valence-corrected chi connectivity index (χ1v) is 6.71. The lowest BCUT2D eigenvalue weighted by atomic mass is 9.95. The van der Waals surface area contributed by atoms with E-state index in [1.807, 2.05) is 0 Å². The fourth-order valence-electron chi connectivity index (χ4n) is 2.16. The fraction of sp³-hybridized carbons (Fsp3) is 0.923. The second kappa shape index (κ2) is 7.71. The molecule has 106 valence electrons. The lowest BCUT2D eigenvalue weighted by Gasteiger charge is -2.36. The molecule has 5 nitrogen and oxygen atoms in total. The van der Waals surface area contributed by atoms with Crippen molar-refractivity contribution in [1.29, 1.82) is 0 Å². The minimum Gasteiger partial charge on any atom is -0.382 e. The lowest BCUT2D eigenvalue weighted by Crippen LogP contribution is -2.49. The van der Waals surface area contributed by atoms with Crippen molar-refractivity contribution in [3.63, 3.8) is 0 Å². The third-order valence-electron chi connectivity index (χ3n) is 3.51. The summed E-state index contributed by atoms with van der Waals surface area (Å²) in [7, 11) is 6.09. The summed E-state index contributed by atoms with van der Waals surface area (Å²) in [6.45, 7) is 4.51. The summed E-state index contributed by atoms with van der Waals surface area (Å²) in [4.78, 5) is 11.9. The average Bonchev–Trinajstić information content (AvgIpc) is 2.33. The van der Waals surface area contributed by atoms with Crippen LogP contribution in [0.3, 0.4) is 0 Å². The largest absolute Gasteiger partial charge is 0.382 e. The Balaban J connectivity index is 2.07. The summed E-state index contributed by atoms with van der Waals surface area (Å²) >= 11 is 0. The van der Waals surface area contributed by atoms with Gasteiger partial charge in [-0.3, -0.25) is 4.79 Å². The molecule has 0 aromatic heterocycles. The molecule has 1 amide bonds. The Labute approximate surface area is 110 Å². The monoisotopic (exact) mass is 259 g/mol. The summed E-state index contributed by atoms with van der Waals surface area (Å²) in [6, 6.07) is 0. The Morgan fingerprint density at radius 2 is 1.89 bits per heavy atom. The maximum absolute atomic E-state index is 11.9. The third-order valence-corrected chi connectivity index (χ3v) is 3.51. The number of hydrogen-bond acceptors (Lipinski definition) is 3. The van der Waals surface area contributed by atoms with Crippen LogP contribution in [-0.4, -0.2) is 71.1 Å².